The summed E-state index contributed by atoms with van der Waals surface area (Å²) in [6.45, 7) is 2.06. The van der Waals surface area contributed by atoms with Crippen molar-refractivity contribution < 1.29 is 14.6 Å². The molecule has 1 aromatic carbocycles. The zero-order valence-corrected chi connectivity index (χ0v) is 12.8. The molecule has 0 spiro atoms. The van der Waals surface area contributed by atoms with Crippen LogP contribution in [0, 0.1) is 12.8 Å². The molecule has 2 aliphatic heterocycles. The number of ether oxygens (including phenoxy) is 1. The number of rotatable bonds is 2. The highest BCUT2D eigenvalue weighted by Crippen LogP contribution is 2.46. The summed E-state index contributed by atoms with van der Waals surface area (Å²) in [6, 6.07) is 8.58. The third kappa shape index (κ3) is 2.36. The molecule has 2 saturated heterocycles. The molecule has 4 heteroatoms. The Hall–Kier alpha value is -1.39. The number of fused-ring (bicyclic) bond motifs is 2. The molecule has 4 nitrogen and oxygen atoms in total. The Morgan fingerprint density at radius 3 is 2.57 bits per heavy atom. The normalized spacial score (nSPS) is 35.7. The summed E-state index contributed by atoms with van der Waals surface area (Å²) in [5.41, 5.74) is 2.39. The largest absolute Gasteiger partial charge is 0.469 e. The number of esters is 1. The lowest BCUT2D eigenvalue weighted by Gasteiger charge is -2.42. The summed E-state index contributed by atoms with van der Waals surface area (Å²) in [5, 5.41) is 10.3. The molecule has 114 valence electrons. The van der Waals surface area contributed by atoms with Gasteiger partial charge in [0.15, 0.2) is 0 Å². The van der Waals surface area contributed by atoms with Gasteiger partial charge in [-0.2, -0.15) is 0 Å². The highest BCUT2D eigenvalue weighted by atomic mass is 16.5. The van der Waals surface area contributed by atoms with Crippen molar-refractivity contribution in [2.24, 2.45) is 5.92 Å². The molecule has 0 radical (unpaired) electrons. The molecule has 0 saturated carbocycles. The van der Waals surface area contributed by atoms with Crippen molar-refractivity contribution >= 4 is 5.97 Å². The summed E-state index contributed by atoms with van der Waals surface area (Å²) in [4.78, 5) is 14.5. The number of aliphatic hydroxyl groups is 1. The number of carbonyl (C=O) groups is 1. The number of methoxy groups -OCH3 is 1. The van der Waals surface area contributed by atoms with Crippen LogP contribution in [0.4, 0.5) is 0 Å². The van der Waals surface area contributed by atoms with E-state index in [1.54, 1.807) is 0 Å². The fraction of sp³-hybridized carbons (Fsp3) is 0.588. The first-order chi connectivity index (χ1) is 10.0. The third-order valence-electron chi connectivity index (χ3n) is 5.26. The molecule has 2 heterocycles. The number of hydrogen-bond acceptors (Lipinski definition) is 4. The molecule has 21 heavy (non-hydrogen) atoms. The van der Waals surface area contributed by atoms with Gasteiger partial charge in [-0.05, 0) is 32.4 Å². The van der Waals surface area contributed by atoms with Crippen LogP contribution in [0.2, 0.25) is 0 Å². The van der Waals surface area contributed by atoms with Gasteiger partial charge in [-0.15, -0.1) is 0 Å². The van der Waals surface area contributed by atoms with E-state index in [2.05, 4.69) is 36.1 Å². The SMILES string of the molecule is COC(=O)[C@H]1C2C(O)C[C@H](C[C@@H]1c1ccc(C)cc1)N2C. The van der Waals surface area contributed by atoms with Gasteiger partial charge in [-0.3, -0.25) is 9.69 Å². The zero-order valence-electron chi connectivity index (χ0n) is 12.8. The van der Waals surface area contributed by atoms with E-state index < -0.39 is 6.10 Å². The van der Waals surface area contributed by atoms with E-state index in [0.29, 0.717) is 6.04 Å². The van der Waals surface area contributed by atoms with Crippen LogP contribution in [-0.2, 0) is 9.53 Å². The van der Waals surface area contributed by atoms with Crippen molar-refractivity contribution in [3.63, 3.8) is 0 Å². The van der Waals surface area contributed by atoms with Crippen molar-refractivity contribution in [3.05, 3.63) is 35.4 Å². The van der Waals surface area contributed by atoms with E-state index >= 15 is 0 Å². The van der Waals surface area contributed by atoms with Crippen molar-refractivity contribution in [1.82, 2.24) is 4.90 Å². The Morgan fingerprint density at radius 1 is 1.29 bits per heavy atom. The Morgan fingerprint density at radius 2 is 1.95 bits per heavy atom. The molecule has 2 unspecified atom stereocenters. The number of hydrogen-bond donors (Lipinski definition) is 1. The van der Waals surface area contributed by atoms with E-state index in [1.165, 1.54) is 18.2 Å². The molecule has 2 bridgehead atoms. The van der Waals surface area contributed by atoms with Crippen LogP contribution in [0.25, 0.3) is 0 Å². The summed E-state index contributed by atoms with van der Waals surface area (Å²) in [5.74, 6) is -0.380. The highest BCUT2D eigenvalue weighted by Gasteiger charge is 2.53. The van der Waals surface area contributed by atoms with Gasteiger partial charge < -0.3 is 9.84 Å². The highest BCUT2D eigenvalue weighted by molar-refractivity contribution is 5.75. The fourth-order valence-electron chi connectivity index (χ4n) is 4.13. The van der Waals surface area contributed by atoms with Crippen molar-refractivity contribution in [3.8, 4) is 0 Å². The maximum Gasteiger partial charge on any atom is 0.310 e. The Kier molecular flexibility index (Phi) is 3.76. The van der Waals surface area contributed by atoms with Gasteiger partial charge in [0.1, 0.15) is 0 Å². The van der Waals surface area contributed by atoms with Crippen LogP contribution >= 0.6 is 0 Å². The van der Waals surface area contributed by atoms with E-state index in [-0.39, 0.29) is 23.8 Å². The molecular formula is C17H23NO3. The summed E-state index contributed by atoms with van der Waals surface area (Å²) in [6.07, 6.45) is 1.20. The van der Waals surface area contributed by atoms with Crippen molar-refractivity contribution in [2.45, 2.75) is 43.9 Å². The lowest BCUT2D eigenvalue weighted by molar-refractivity contribution is -0.151. The van der Waals surface area contributed by atoms with E-state index in [4.69, 9.17) is 4.74 Å². The lowest BCUT2D eigenvalue weighted by atomic mass is 9.76. The molecule has 3 rings (SSSR count). The lowest BCUT2D eigenvalue weighted by Crippen LogP contribution is -2.51. The first kappa shape index (κ1) is 14.5. The summed E-state index contributed by atoms with van der Waals surface area (Å²) < 4.78 is 5.04. The van der Waals surface area contributed by atoms with Crippen LogP contribution in [0.15, 0.2) is 24.3 Å². The molecule has 0 aliphatic carbocycles. The van der Waals surface area contributed by atoms with E-state index in [9.17, 15) is 9.90 Å². The Labute approximate surface area is 125 Å². The minimum absolute atomic E-state index is 0.126. The summed E-state index contributed by atoms with van der Waals surface area (Å²) >= 11 is 0. The monoisotopic (exact) mass is 289 g/mol. The standard InChI is InChI=1S/C17H23NO3/c1-10-4-6-11(7-5-10)13-8-12-9-14(19)16(18(12)2)15(13)17(20)21-3/h4-7,12-16,19H,8-9H2,1-3H3/t12-,13+,14?,15+,16?/m0/s1. The van der Waals surface area contributed by atoms with Gasteiger partial charge in [0.25, 0.3) is 0 Å². The molecule has 1 aromatic rings. The van der Waals surface area contributed by atoms with Gasteiger partial charge in [-0.25, -0.2) is 0 Å². The zero-order chi connectivity index (χ0) is 15.1. The molecule has 1 N–H and O–H groups in total. The number of piperidine rings is 1. The smallest absolute Gasteiger partial charge is 0.310 e. The predicted octanol–water partition coefficient (Wildman–Crippen LogP) is 1.71. The molecule has 2 aliphatic rings. The Bertz CT molecular complexity index is 527. The van der Waals surface area contributed by atoms with Gasteiger partial charge in [0.05, 0.1) is 19.1 Å². The van der Waals surface area contributed by atoms with Crippen molar-refractivity contribution in [2.75, 3.05) is 14.2 Å². The number of benzene rings is 1. The molecular weight excluding hydrogens is 266 g/mol. The van der Waals surface area contributed by atoms with Crippen LogP contribution in [0.5, 0.6) is 0 Å². The van der Waals surface area contributed by atoms with Gasteiger partial charge in [-0.1, -0.05) is 29.8 Å². The van der Waals surface area contributed by atoms with Crippen LogP contribution in [-0.4, -0.2) is 48.3 Å². The fourth-order valence-corrected chi connectivity index (χ4v) is 4.13. The molecule has 0 amide bonds. The third-order valence-corrected chi connectivity index (χ3v) is 5.26. The van der Waals surface area contributed by atoms with E-state index in [0.717, 1.165) is 12.8 Å². The summed E-state index contributed by atoms with van der Waals surface area (Å²) in [7, 11) is 3.44. The first-order valence-corrected chi connectivity index (χ1v) is 7.57. The minimum atomic E-state index is -0.445. The molecule has 0 aromatic heterocycles. The van der Waals surface area contributed by atoms with E-state index in [1.807, 2.05) is 7.05 Å². The van der Waals surface area contributed by atoms with Gasteiger partial charge in [0, 0.05) is 18.0 Å². The quantitative estimate of drug-likeness (QED) is 0.842. The topological polar surface area (TPSA) is 49.8 Å². The Balaban J connectivity index is 1.98. The maximum absolute atomic E-state index is 12.3. The second-order valence-corrected chi connectivity index (χ2v) is 6.41. The first-order valence-electron chi connectivity index (χ1n) is 7.57. The second kappa shape index (κ2) is 5.43. The van der Waals surface area contributed by atoms with Crippen molar-refractivity contribution in [1.29, 1.82) is 0 Å². The molecule has 5 atom stereocenters. The van der Waals surface area contributed by atoms with Crippen LogP contribution in [0.3, 0.4) is 0 Å². The molecule has 2 fully saturated rings. The van der Waals surface area contributed by atoms with Crippen LogP contribution in [0.1, 0.15) is 29.9 Å². The van der Waals surface area contributed by atoms with Gasteiger partial charge >= 0.3 is 5.97 Å². The maximum atomic E-state index is 12.3. The number of nitrogens with zero attached hydrogens (tertiary/aromatic N) is 1. The average Bonchev–Trinajstić information content (AvgIpc) is 2.66. The number of aryl methyl sites for hydroxylation is 1. The van der Waals surface area contributed by atoms with Gasteiger partial charge in [0.2, 0.25) is 0 Å². The average molecular weight is 289 g/mol. The number of likely N-dealkylation sites (N-methyl/N-ethyl adjacent to an activating group) is 1. The number of aliphatic hydroxyl groups excluding tert-OH is 1. The predicted molar refractivity (Wildman–Crippen MR) is 80.0 cm³/mol. The second-order valence-electron chi connectivity index (χ2n) is 6.41. The number of carbonyl (C=O) groups excluding carboxylic acids is 1. The minimum Gasteiger partial charge on any atom is -0.469 e. The van der Waals surface area contributed by atoms with Crippen LogP contribution < -0.4 is 0 Å².